The molecular formula is C41H54F3N5O9S. The molecule has 3 heterocycles. The van der Waals surface area contributed by atoms with Crippen LogP contribution in [0.5, 0.6) is 11.6 Å². The molecule has 7 atom stereocenters. The smallest absolute Gasteiger partial charge is 0.408 e. The summed E-state index contributed by atoms with van der Waals surface area (Å²) >= 11 is 0. The molecule has 2 aromatic rings. The van der Waals surface area contributed by atoms with Crippen molar-refractivity contribution in [3.05, 3.63) is 42.4 Å². The number of hydrogen-bond acceptors (Lipinski definition) is 9. The number of nitrogens with zero attached hydrogens (tertiary/aromatic N) is 3. The second-order valence-electron chi connectivity index (χ2n) is 17.6. The minimum absolute atomic E-state index is 0.00876. The lowest BCUT2D eigenvalue weighted by molar-refractivity contribution is -0.156. The maximum atomic E-state index is 15.4. The summed E-state index contributed by atoms with van der Waals surface area (Å²) in [5.74, 6) is -8.60. The largest absolute Gasteiger partial charge is 0.491 e. The van der Waals surface area contributed by atoms with Crippen molar-refractivity contribution < 1.29 is 55.3 Å². The Bertz CT molecular complexity index is 2140. The summed E-state index contributed by atoms with van der Waals surface area (Å²) in [5.41, 5.74) is -4.11. The van der Waals surface area contributed by atoms with Gasteiger partial charge < -0.3 is 24.8 Å². The molecule has 18 heteroatoms. The highest BCUT2D eigenvalue weighted by Gasteiger charge is 2.63. The first-order chi connectivity index (χ1) is 27.5. The van der Waals surface area contributed by atoms with Gasteiger partial charge in [-0.05, 0) is 102 Å². The van der Waals surface area contributed by atoms with E-state index in [9.17, 15) is 27.9 Å². The van der Waals surface area contributed by atoms with E-state index >= 15 is 18.0 Å². The Balaban J connectivity index is 1.42. The standard InChI is InChI=1S/C41H54F3N5O9S/c1-8-57-31-18-25-13-16-45-34(28(25)20-29(31)42)58-27-19-30-33(50)46-41(36(52)47-59(55,56)39(6)14-15-39)21-26(41)12-10-9-11-23(2)17-24(3)32(35(51)48(30)22-27)49(37(53)54)38(4,5)40(7,43)44/h10,12-13,16,18,20,23-24,26-27,30,32H,8-9,11,14-15,17,19,21-22H2,1-7H3,(H,46,50)(H,47,52)(H,53,54)/b12-10-/t23-,24-,26-,27-,30+,32+,41-/m1/s1. The number of alkyl halides is 2. The minimum Gasteiger partial charge on any atom is -0.491 e. The number of halogens is 3. The van der Waals surface area contributed by atoms with Gasteiger partial charge in [-0.3, -0.25) is 24.0 Å². The van der Waals surface area contributed by atoms with Crippen LogP contribution >= 0.6 is 0 Å². The van der Waals surface area contributed by atoms with Gasteiger partial charge in [0.25, 0.3) is 11.8 Å². The Morgan fingerprint density at radius 1 is 1.15 bits per heavy atom. The van der Waals surface area contributed by atoms with Crippen molar-refractivity contribution in [1.82, 2.24) is 24.8 Å². The van der Waals surface area contributed by atoms with Crippen LogP contribution in [-0.2, 0) is 24.4 Å². The van der Waals surface area contributed by atoms with E-state index in [1.165, 1.54) is 25.3 Å². The zero-order chi connectivity index (χ0) is 43.5. The van der Waals surface area contributed by atoms with Gasteiger partial charge in [0, 0.05) is 30.8 Å². The fourth-order valence-corrected chi connectivity index (χ4v) is 9.64. The summed E-state index contributed by atoms with van der Waals surface area (Å²) in [6, 6.07) is 1.13. The zero-order valence-electron chi connectivity index (χ0n) is 34.4. The highest BCUT2D eigenvalue weighted by Crippen LogP contribution is 2.48. The average molecular weight is 850 g/mol. The Labute approximate surface area is 342 Å². The van der Waals surface area contributed by atoms with Crippen LogP contribution in [0.15, 0.2) is 36.5 Å². The Kier molecular flexibility index (Phi) is 11.8. The first kappa shape index (κ1) is 44.0. The maximum Gasteiger partial charge on any atom is 0.408 e. The molecule has 2 aliphatic carbocycles. The number of sulfonamides is 1. The van der Waals surface area contributed by atoms with Crippen LogP contribution in [0.3, 0.4) is 0 Å². The number of nitrogens with one attached hydrogen (secondary N) is 2. The average Bonchev–Trinajstić information content (AvgIpc) is 4.02. The van der Waals surface area contributed by atoms with Crippen LogP contribution in [0.2, 0.25) is 0 Å². The van der Waals surface area contributed by atoms with E-state index in [4.69, 9.17) is 9.47 Å². The molecule has 4 aliphatic rings. The lowest BCUT2D eigenvalue weighted by atomic mass is 9.84. The summed E-state index contributed by atoms with van der Waals surface area (Å²) < 4.78 is 85.0. The molecule has 4 amide bonds. The number of carbonyl (C=O) groups excluding carboxylic acids is 3. The summed E-state index contributed by atoms with van der Waals surface area (Å²) in [6.45, 7) is 9.27. The van der Waals surface area contributed by atoms with Gasteiger partial charge in [-0.15, -0.1) is 0 Å². The molecule has 0 unspecified atom stereocenters. The molecule has 6 rings (SSSR count). The fourth-order valence-electron chi connectivity index (χ4n) is 8.32. The molecule has 14 nitrogen and oxygen atoms in total. The number of amides is 4. The van der Waals surface area contributed by atoms with Gasteiger partial charge in [0.2, 0.25) is 27.7 Å². The number of pyridine rings is 1. The number of rotatable bonds is 10. The van der Waals surface area contributed by atoms with Crippen molar-refractivity contribution in [2.75, 3.05) is 13.2 Å². The quantitative estimate of drug-likeness (QED) is 0.248. The summed E-state index contributed by atoms with van der Waals surface area (Å²) in [4.78, 5) is 62.6. The number of benzene rings is 1. The van der Waals surface area contributed by atoms with E-state index in [0.717, 1.165) is 18.7 Å². The first-order valence-electron chi connectivity index (χ1n) is 20.1. The Morgan fingerprint density at radius 2 is 1.85 bits per heavy atom. The maximum absolute atomic E-state index is 15.4. The number of carboxylic acid groups (broad SMARTS) is 1. The molecule has 0 bridgehead atoms. The number of hydrogen-bond donors (Lipinski definition) is 3. The van der Waals surface area contributed by atoms with E-state index in [-0.39, 0.29) is 55.3 Å². The highest BCUT2D eigenvalue weighted by molar-refractivity contribution is 7.91. The molecule has 3 N–H and O–H groups in total. The van der Waals surface area contributed by atoms with Crippen molar-refractivity contribution in [2.45, 2.75) is 133 Å². The molecule has 2 saturated carbocycles. The molecule has 1 saturated heterocycles. The number of fused-ring (bicyclic) bond motifs is 3. The second-order valence-corrected chi connectivity index (χ2v) is 19.8. The van der Waals surface area contributed by atoms with Crippen molar-refractivity contribution in [2.24, 2.45) is 17.8 Å². The van der Waals surface area contributed by atoms with E-state index in [1.54, 1.807) is 26.0 Å². The van der Waals surface area contributed by atoms with Gasteiger partial charge in [0.15, 0.2) is 11.6 Å². The zero-order valence-corrected chi connectivity index (χ0v) is 35.2. The van der Waals surface area contributed by atoms with Crippen LogP contribution in [0.4, 0.5) is 18.0 Å². The van der Waals surface area contributed by atoms with Gasteiger partial charge in [-0.2, -0.15) is 0 Å². The van der Waals surface area contributed by atoms with Crippen molar-refractivity contribution in [3.8, 4) is 11.6 Å². The van der Waals surface area contributed by atoms with Crippen LogP contribution < -0.4 is 19.5 Å². The summed E-state index contributed by atoms with van der Waals surface area (Å²) in [7, 11) is -4.11. The van der Waals surface area contributed by atoms with Gasteiger partial charge >= 0.3 is 6.09 Å². The molecule has 3 fully saturated rings. The van der Waals surface area contributed by atoms with Crippen LogP contribution in [-0.4, -0.2) is 105 Å². The van der Waals surface area contributed by atoms with E-state index in [0.29, 0.717) is 42.9 Å². The van der Waals surface area contributed by atoms with Gasteiger partial charge in [0.1, 0.15) is 29.3 Å². The number of aromatic nitrogens is 1. The molecule has 0 spiro atoms. The molecule has 1 aromatic heterocycles. The molecule has 1 aromatic carbocycles. The number of carbonyl (C=O) groups is 4. The number of allylic oxidation sites excluding steroid dienone is 1. The second kappa shape index (κ2) is 15.8. The lowest BCUT2D eigenvalue weighted by Gasteiger charge is -2.47. The van der Waals surface area contributed by atoms with Crippen molar-refractivity contribution in [3.63, 3.8) is 0 Å². The van der Waals surface area contributed by atoms with E-state index in [2.05, 4.69) is 15.0 Å². The van der Waals surface area contributed by atoms with Crippen LogP contribution in [0.25, 0.3) is 10.8 Å². The van der Waals surface area contributed by atoms with E-state index < -0.39 is 91.4 Å². The van der Waals surface area contributed by atoms with Crippen molar-refractivity contribution >= 4 is 44.6 Å². The van der Waals surface area contributed by atoms with E-state index in [1.807, 2.05) is 13.0 Å². The minimum atomic E-state index is -4.11. The first-order valence-corrected chi connectivity index (χ1v) is 21.6. The monoisotopic (exact) mass is 849 g/mol. The normalized spacial score (nSPS) is 29.2. The summed E-state index contributed by atoms with van der Waals surface area (Å²) in [6.07, 6.45) is 4.08. The fraction of sp³-hybridized carbons (Fsp3) is 0.634. The van der Waals surface area contributed by atoms with Crippen molar-refractivity contribution in [1.29, 1.82) is 0 Å². The molecule has 324 valence electrons. The Hall–Kier alpha value is -4.61. The predicted octanol–water partition coefficient (Wildman–Crippen LogP) is 5.79. The molecular weight excluding hydrogens is 796 g/mol. The van der Waals surface area contributed by atoms with Gasteiger partial charge in [-0.25, -0.2) is 31.4 Å². The number of ether oxygens (including phenoxy) is 2. The third-order valence-corrected chi connectivity index (χ3v) is 14.9. The van der Waals surface area contributed by atoms with Crippen LogP contribution in [0, 0.1) is 23.6 Å². The Morgan fingerprint density at radius 3 is 2.47 bits per heavy atom. The molecule has 2 aliphatic heterocycles. The SMILES string of the molecule is CCOc1cc2ccnc(O[C@@H]3C[C@H]4C(=O)N[C@]5(C(=O)NS(=O)(=O)C6(C)CC6)C[C@H]5/C=C\CC[C@@H](C)C[C@@H](C)[C@H](N(C(=O)O)C(C)(C)C(C)(F)F)C(=O)N4C3)c2cc1F. The van der Waals surface area contributed by atoms with Gasteiger partial charge in [-0.1, -0.05) is 26.0 Å². The topological polar surface area (TPSA) is 185 Å². The van der Waals surface area contributed by atoms with Crippen LogP contribution in [0.1, 0.15) is 93.4 Å². The lowest BCUT2D eigenvalue weighted by Crippen LogP contribution is -2.66. The summed E-state index contributed by atoms with van der Waals surface area (Å²) in [5, 5.41) is 14.1. The third-order valence-electron chi connectivity index (χ3n) is 12.7. The molecule has 59 heavy (non-hydrogen) atoms. The van der Waals surface area contributed by atoms with Gasteiger partial charge in [0.05, 0.1) is 17.9 Å². The highest BCUT2D eigenvalue weighted by atomic mass is 32.2. The molecule has 0 radical (unpaired) electrons. The predicted molar refractivity (Wildman–Crippen MR) is 211 cm³/mol. The third kappa shape index (κ3) is 8.42.